The molecule has 0 aliphatic rings. The molecule has 0 saturated heterocycles. The highest BCUT2D eigenvalue weighted by molar-refractivity contribution is 5.80. The van der Waals surface area contributed by atoms with E-state index >= 15 is 0 Å². The van der Waals surface area contributed by atoms with Crippen LogP contribution in [0.5, 0.6) is 0 Å². The van der Waals surface area contributed by atoms with E-state index in [9.17, 15) is 14.0 Å². The van der Waals surface area contributed by atoms with Crippen molar-refractivity contribution in [1.29, 1.82) is 0 Å². The lowest BCUT2D eigenvalue weighted by Crippen LogP contribution is -2.27. The van der Waals surface area contributed by atoms with Crippen LogP contribution >= 0.6 is 0 Å². The number of carbonyl (C=O) groups is 2. The van der Waals surface area contributed by atoms with Gasteiger partial charge in [0.05, 0.1) is 6.61 Å². The van der Waals surface area contributed by atoms with E-state index in [0.717, 1.165) is 6.42 Å². The third kappa shape index (κ3) is 15.5. The fourth-order valence-electron chi connectivity index (χ4n) is 0.809. The standard InChI is InChI=1S/C9H16FNO3.C2H6/c1-2-6-14-7-5-11-9(13)4-3-8(10)12;1-2/h2-7H2,1H3,(H,11,13);1-2H3. The molecule has 0 unspecified atom stereocenters. The van der Waals surface area contributed by atoms with Crippen LogP contribution in [0, 0.1) is 0 Å². The van der Waals surface area contributed by atoms with Crippen molar-refractivity contribution in [1.82, 2.24) is 5.32 Å². The molecule has 0 atom stereocenters. The monoisotopic (exact) mass is 235 g/mol. The summed E-state index contributed by atoms with van der Waals surface area (Å²) in [5.41, 5.74) is 0. The summed E-state index contributed by atoms with van der Waals surface area (Å²) in [5, 5.41) is 2.51. The van der Waals surface area contributed by atoms with Crippen LogP contribution in [0.2, 0.25) is 0 Å². The topological polar surface area (TPSA) is 55.4 Å². The third-order valence-corrected chi connectivity index (χ3v) is 1.47. The van der Waals surface area contributed by atoms with Crippen LogP contribution in [0.4, 0.5) is 4.39 Å². The summed E-state index contributed by atoms with van der Waals surface area (Å²) in [6.07, 6.45) is 0.495. The number of hydrogen-bond donors (Lipinski definition) is 1. The Kier molecular flexibility index (Phi) is 15.3. The summed E-state index contributed by atoms with van der Waals surface area (Å²) >= 11 is 0. The summed E-state index contributed by atoms with van der Waals surface area (Å²) in [6, 6.07) is -1.46. The Bertz CT molecular complexity index is 186. The fourth-order valence-corrected chi connectivity index (χ4v) is 0.809. The van der Waals surface area contributed by atoms with Crippen molar-refractivity contribution in [3.63, 3.8) is 0 Å². The molecule has 0 aliphatic heterocycles. The molecule has 0 aromatic rings. The largest absolute Gasteiger partial charge is 0.380 e. The second-order valence-electron chi connectivity index (χ2n) is 2.82. The number of carbonyl (C=O) groups excluding carboxylic acids is 2. The minimum absolute atomic E-state index is 0.0941. The van der Waals surface area contributed by atoms with Gasteiger partial charge in [-0.3, -0.25) is 9.59 Å². The second-order valence-corrected chi connectivity index (χ2v) is 2.82. The molecule has 1 N–H and O–H groups in total. The molecule has 0 fully saturated rings. The van der Waals surface area contributed by atoms with Gasteiger partial charge in [0.15, 0.2) is 0 Å². The van der Waals surface area contributed by atoms with Crippen molar-refractivity contribution in [3.05, 3.63) is 0 Å². The Hall–Kier alpha value is -0.970. The molecule has 0 radical (unpaired) electrons. The third-order valence-electron chi connectivity index (χ3n) is 1.47. The van der Waals surface area contributed by atoms with Gasteiger partial charge in [-0.25, -0.2) is 0 Å². The number of amides is 1. The minimum atomic E-state index is -1.46. The van der Waals surface area contributed by atoms with Gasteiger partial charge in [-0.1, -0.05) is 20.8 Å². The van der Waals surface area contributed by atoms with Crippen molar-refractivity contribution >= 4 is 11.9 Å². The number of rotatable bonds is 8. The highest BCUT2D eigenvalue weighted by Gasteiger charge is 2.04. The lowest BCUT2D eigenvalue weighted by molar-refractivity contribution is -0.132. The van der Waals surface area contributed by atoms with Gasteiger partial charge in [-0.15, -0.1) is 0 Å². The van der Waals surface area contributed by atoms with Crippen LogP contribution in [0.25, 0.3) is 0 Å². The highest BCUT2D eigenvalue weighted by atomic mass is 19.1. The number of nitrogens with one attached hydrogen (secondary N) is 1. The van der Waals surface area contributed by atoms with Gasteiger partial charge in [0.25, 0.3) is 0 Å². The average molecular weight is 235 g/mol. The van der Waals surface area contributed by atoms with E-state index in [1.807, 2.05) is 20.8 Å². The number of ether oxygens (including phenoxy) is 1. The molecule has 0 rings (SSSR count). The van der Waals surface area contributed by atoms with E-state index in [1.54, 1.807) is 0 Å². The van der Waals surface area contributed by atoms with Crippen LogP contribution < -0.4 is 5.32 Å². The Labute approximate surface area is 96.5 Å². The first-order chi connectivity index (χ1) is 7.66. The van der Waals surface area contributed by atoms with Gasteiger partial charge < -0.3 is 10.1 Å². The first kappa shape index (κ1) is 17.4. The zero-order valence-corrected chi connectivity index (χ0v) is 10.3. The quantitative estimate of drug-likeness (QED) is 0.516. The van der Waals surface area contributed by atoms with Gasteiger partial charge in [0, 0.05) is 26.0 Å². The molecular formula is C11H22FNO3. The fraction of sp³-hybridized carbons (Fsp3) is 0.818. The van der Waals surface area contributed by atoms with E-state index < -0.39 is 6.04 Å². The van der Waals surface area contributed by atoms with Crippen molar-refractivity contribution < 1.29 is 18.7 Å². The van der Waals surface area contributed by atoms with Crippen LogP contribution in [-0.4, -0.2) is 31.7 Å². The van der Waals surface area contributed by atoms with Gasteiger partial charge >= 0.3 is 6.04 Å². The molecule has 0 aromatic heterocycles. The van der Waals surface area contributed by atoms with Crippen molar-refractivity contribution in [2.24, 2.45) is 0 Å². The molecule has 0 bridgehead atoms. The number of halogens is 1. The van der Waals surface area contributed by atoms with Crippen LogP contribution in [0.15, 0.2) is 0 Å². The average Bonchev–Trinajstić information content (AvgIpc) is 2.29. The highest BCUT2D eigenvalue weighted by Crippen LogP contribution is 1.91. The smallest absolute Gasteiger partial charge is 0.302 e. The van der Waals surface area contributed by atoms with Crippen molar-refractivity contribution in [2.45, 2.75) is 40.0 Å². The van der Waals surface area contributed by atoms with E-state index in [0.29, 0.717) is 19.8 Å². The Balaban J connectivity index is 0. The van der Waals surface area contributed by atoms with Crippen molar-refractivity contribution in [2.75, 3.05) is 19.8 Å². The lowest BCUT2D eigenvalue weighted by Gasteiger charge is -2.04. The molecule has 0 saturated carbocycles. The predicted octanol–water partition coefficient (Wildman–Crippen LogP) is 1.83. The normalized spacial score (nSPS) is 9.00. The van der Waals surface area contributed by atoms with Gasteiger partial charge in [0.2, 0.25) is 5.91 Å². The summed E-state index contributed by atoms with van der Waals surface area (Å²) in [5.74, 6) is -0.323. The summed E-state index contributed by atoms with van der Waals surface area (Å²) in [7, 11) is 0. The Morgan fingerprint density at radius 2 is 1.81 bits per heavy atom. The van der Waals surface area contributed by atoms with Gasteiger partial charge in [-0.2, -0.15) is 4.39 Å². The van der Waals surface area contributed by atoms with Crippen LogP contribution in [-0.2, 0) is 14.3 Å². The first-order valence-corrected chi connectivity index (χ1v) is 5.69. The number of hydrogen-bond acceptors (Lipinski definition) is 3. The van der Waals surface area contributed by atoms with Gasteiger partial charge in [-0.05, 0) is 6.42 Å². The summed E-state index contributed by atoms with van der Waals surface area (Å²) in [4.78, 5) is 20.8. The van der Waals surface area contributed by atoms with E-state index in [2.05, 4.69) is 5.32 Å². The Morgan fingerprint density at radius 3 is 2.31 bits per heavy atom. The van der Waals surface area contributed by atoms with Crippen LogP contribution in [0.3, 0.4) is 0 Å². The molecule has 4 nitrogen and oxygen atoms in total. The van der Waals surface area contributed by atoms with Crippen LogP contribution in [0.1, 0.15) is 40.0 Å². The molecule has 1 amide bonds. The molecule has 5 heteroatoms. The van der Waals surface area contributed by atoms with Crippen molar-refractivity contribution in [3.8, 4) is 0 Å². The molecular weight excluding hydrogens is 213 g/mol. The molecule has 0 heterocycles. The first-order valence-electron chi connectivity index (χ1n) is 5.69. The second kappa shape index (κ2) is 14.0. The zero-order chi connectivity index (χ0) is 12.8. The lowest BCUT2D eigenvalue weighted by atomic mass is 10.3. The van der Waals surface area contributed by atoms with Gasteiger partial charge in [0.1, 0.15) is 0 Å². The van der Waals surface area contributed by atoms with E-state index in [1.165, 1.54) is 0 Å². The SMILES string of the molecule is CC.CCCOCCNC(=O)CCC(=O)F. The molecule has 16 heavy (non-hydrogen) atoms. The Morgan fingerprint density at radius 1 is 1.19 bits per heavy atom. The zero-order valence-electron chi connectivity index (χ0n) is 10.3. The minimum Gasteiger partial charge on any atom is -0.380 e. The summed E-state index contributed by atoms with van der Waals surface area (Å²) in [6.45, 7) is 7.51. The maximum absolute atomic E-state index is 11.7. The molecule has 0 spiro atoms. The van der Waals surface area contributed by atoms with E-state index in [4.69, 9.17) is 4.74 Å². The molecule has 0 aliphatic carbocycles. The van der Waals surface area contributed by atoms with E-state index in [-0.39, 0.29) is 18.7 Å². The predicted molar refractivity (Wildman–Crippen MR) is 60.8 cm³/mol. The molecule has 96 valence electrons. The molecule has 0 aromatic carbocycles. The maximum atomic E-state index is 11.7. The summed E-state index contributed by atoms with van der Waals surface area (Å²) < 4.78 is 16.8. The maximum Gasteiger partial charge on any atom is 0.302 e.